The number of benzene rings is 1. The minimum absolute atomic E-state index is 0.920. The maximum absolute atomic E-state index is 5.30. The first-order chi connectivity index (χ1) is 11.3. The van der Waals surface area contributed by atoms with Crippen LogP contribution in [0.4, 0.5) is 0 Å². The molecule has 0 amide bonds. The van der Waals surface area contributed by atoms with E-state index in [1.54, 1.807) is 7.11 Å². The molecule has 0 bridgehead atoms. The van der Waals surface area contributed by atoms with Gasteiger partial charge in [-0.25, -0.2) is 4.58 Å². The van der Waals surface area contributed by atoms with Crippen molar-refractivity contribution in [3.8, 4) is 5.75 Å². The van der Waals surface area contributed by atoms with Crippen molar-refractivity contribution in [3.05, 3.63) is 36.0 Å². The highest BCUT2D eigenvalue weighted by Crippen LogP contribution is 2.20. The standard InChI is InChI=1S/C20H29N2O/c1-23-20-10-8-18(9-11-20)19(16-21-12-4-2-5-13-21)17-22-14-6-3-7-15-22/h8-11,16-17H,2-7,12-15H2,1H3/q+1. The van der Waals surface area contributed by atoms with E-state index in [9.17, 15) is 0 Å². The van der Waals surface area contributed by atoms with Crippen molar-refractivity contribution in [2.45, 2.75) is 38.5 Å². The predicted molar refractivity (Wildman–Crippen MR) is 96.3 cm³/mol. The number of hydrogen-bond donors (Lipinski definition) is 0. The molecule has 3 nitrogen and oxygen atoms in total. The van der Waals surface area contributed by atoms with Crippen molar-refractivity contribution in [1.29, 1.82) is 0 Å². The summed E-state index contributed by atoms with van der Waals surface area (Å²) in [4.78, 5) is 2.49. The third kappa shape index (κ3) is 4.60. The summed E-state index contributed by atoms with van der Waals surface area (Å²) in [6.45, 7) is 4.75. The summed E-state index contributed by atoms with van der Waals surface area (Å²) >= 11 is 0. The molecule has 0 aromatic heterocycles. The third-order valence-corrected chi connectivity index (χ3v) is 4.85. The molecule has 2 fully saturated rings. The minimum Gasteiger partial charge on any atom is -0.497 e. The van der Waals surface area contributed by atoms with Crippen LogP contribution in [-0.2, 0) is 0 Å². The molecule has 2 aliphatic rings. The highest BCUT2D eigenvalue weighted by Gasteiger charge is 2.14. The highest BCUT2D eigenvalue weighted by molar-refractivity contribution is 6.07. The van der Waals surface area contributed by atoms with E-state index >= 15 is 0 Å². The SMILES string of the molecule is COc1ccc(/C(C=[N+]2CCCCC2)=C\N2CCCCC2)cc1. The summed E-state index contributed by atoms with van der Waals surface area (Å²) in [7, 11) is 1.72. The molecule has 0 radical (unpaired) electrons. The average molecular weight is 313 g/mol. The molecule has 0 aliphatic carbocycles. The molecular formula is C20H29N2O+. The van der Waals surface area contributed by atoms with Crippen LogP contribution in [-0.4, -0.2) is 49.0 Å². The number of ether oxygens (including phenoxy) is 1. The molecule has 1 aromatic rings. The molecule has 0 saturated carbocycles. The van der Waals surface area contributed by atoms with E-state index in [4.69, 9.17) is 4.74 Å². The highest BCUT2D eigenvalue weighted by atomic mass is 16.5. The first-order valence-electron chi connectivity index (χ1n) is 9.04. The number of allylic oxidation sites excluding steroid dienone is 1. The van der Waals surface area contributed by atoms with Gasteiger partial charge in [-0.05, 0) is 43.4 Å². The number of methoxy groups -OCH3 is 1. The lowest BCUT2D eigenvalue weighted by Crippen LogP contribution is -2.26. The average Bonchev–Trinajstić information content (AvgIpc) is 2.63. The van der Waals surface area contributed by atoms with Gasteiger partial charge in [-0.2, -0.15) is 0 Å². The molecule has 2 heterocycles. The minimum atomic E-state index is 0.920. The molecule has 2 saturated heterocycles. The van der Waals surface area contributed by atoms with E-state index in [-0.39, 0.29) is 0 Å². The molecular weight excluding hydrogens is 284 g/mol. The van der Waals surface area contributed by atoms with Crippen molar-refractivity contribution in [3.63, 3.8) is 0 Å². The molecule has 0 unspecified atom stereocenters. The number of rotatable bonds is 4. The van der Waals surface area contributed by atoms with Crippen LogP contribution in [0.2, 0.25) is 0 Å². The summed E-state index contributed by atoms with van der Waals surface area (Å²) in [5.41, 5.74) is 2.61. The maximum atomic E-state index is 5.30. The van der Waals surface area contributed by atoms with Crippen LogP contribution in [0.5, 0.6) is 5.75 Å². The molecule has 0 spiro atoms. The number of hydrogen-bond acceptors (Lipinski definition) is 2. The predicted octanol–water partition coefficient (Wildman–Crippen LogP) is 3.79. The lowest BCUT2D eigenvalue weighted by Gasteiger charge is -2.25. The monoisotopic (exact) mass is 313 g/mol. The first-order valence-corrected chi connectivity index (χ1v) is 9.04. The number of piperidine rings is 2. The van der Waals surface area contributed by atoms with Gasteiger partial charge in [0.2, 0.25) is 0 Å². The van der Waals surface area contributed by atoms with Crippen LogP contribution in [0.1, 0.15) is 44.1 Å². The van der Waals surface area contributed by atoms with Gasteiger partial charge < -0.3 is 9.64 Å². The molecule has 2 aliphatic heterocycles. The zero-order chi connectivity index (χ0) is 15.9. The summed E-state index contributed by atoms with van der Waals surface area (Å²) in [6.07, 6.45) is 12.7. The van der Waals surface area contributed by atoms with Gasteiger partial charge in [-0.15, -0.1) is 0 Å². The van der Waals surface area contributed by atoms with Crippen molar-refractivity contribution in [1.82, 2.24) is 4.90 Å². The Morgan fingerprint density at radius 3 is 2.26 bits per heavy atom. The van der Waals surface area contributed by atoms with E-state index in [0.29, 0.717) is 0 Å². The Bertz CT molecular complexity index is 546. The first kappa shape index (κ1) is 16.1. The van der Waals surface area contributed by atoms with Gasteiger partial charge >= 0.3 is 0 Å². The van der Waals surface area contributed by atoms with E-state index < -0.39 is 0 Å². The summed E-state index contributed by atoms with van der Waals surface area (Å²) in [6, 6.07) is 8.47. The molecule has 3 heteroatoms. The fraction of sp³-hybridized carbons (Fsp3) is 0.550. The van der Waals surface area contributed by atoms with Crippen LogP contribution >= 0.6 is 0 Å². The number of nitrogens with zero attached hydrogens (tertiary/aromatic N) is 2. The topological polar surface area (TPSA) is 15.5 Å². The van der Waals surface area contributed by atoms with Crippen molar-refractivity contribution in [2.24, 2.45) is 0 Å². The Balaban J connectivity index is 1.86. The second-order valence-corrected chi connectivity index (χ2v) is 6.64. The van der Waals surface area contributed by atoms with E-state index in [1.165, 1.54) is 75.8 Å². The fourth-order valence-electron chi connectivity index (χ4n) is 3.45. The largest absolute Gasteiger partial charge is 0.497 e. The fourth-order valence-corrected chi connectivity index (χ4v) is 3.45. The second kappa shape index (κ2) is 8.19. The van der Waals surface area contributed by atoms with Crippen LogP contribution in [0.25, 0.3) is 5.57 Å². The Morgan fingerprint density at radius 2 is 1.61 bits per heavy atom. The van der Waals surface area contributed by atoms with Gasteiger partial charge in [0.15, 0.2) is 6.21 Å². The molecule has 0 atom stereocenters. The Hall–Kier alpha value is -1.77. The van der Waals surface area contributed by atoms with Crippen LogP contribution < -0.4 is 4.74 Å². The second-order valence-electron chi connectivity index (χ2n) is 6.64. The lowest BCUT2D eigenvalue weighted by atomic mass is 10.1. The van der Waals surface area contributed by atoms with Gasteiger partial charge in [0.25, 0.3) is 0 Å². The zero-order valence-corrected chi connectivity index (χ0v) is 14.3. The van der Waals surface area contributed by atoms with Gasteiger partial charge in [-0.1, -0.05) is 12.1 Å². The summed E-state index contributed by atoms with van der Waals surface area (Å²) in [5.74, 6) is 0.920. The smallest absolute Gasteiger partial charge is 0.172 e. The molecule has 3 rings (SSSR count). The Kier molecular flexibility index (Phi) is 5.73. The van der Waals surface area contributed by atoms with Crippen LogP contribution in [0.15, 0.2) is 30.5 Å². The van der Waals surface area contributed by atoms with Gasteiger partial charge in [-0.3, -0.25) is 0 Å². The molecule has 23 heavy (non-hydrogen) atoms. The molecule has 1 aromatic carbocycles. The van der Waals surface area contributed by atoms with Crippen molar-refractivity contribution >= 4 is 11.8 Å². The van der Waals surface area contributed by atoms with Gasteiger partial charge in [0, 0.05) is 32.1 Å². The Labute approximate surface area is 140 Å². The van der Waals surface area contributed by atoms with E-state index in [2.05, 4.69) is 46.2 Å². The third-order valence-electron chi connectivity index (χ3n) is 4.85. The Morgan fingerprint density at radius 1 is 0.957 bits per heavy atom. The van der Waals surface area contributed by atoms with E-state index in [1.807, 2.05) is 0 Å². The maximum Gasteiger partial charge on any atom is 0.172 e. The van der Waals surface area contributed by atoms with Gasteiger partial charge in [0.05, 0.1) is 12.7 Å². The molecule has 124 valence electrons. The normalized spacial score (nSPS) is 19.6. The zero-order valence-electron chi connectivity index (χ0n) is 14.3. The number of likely N-dealkylation sites (tertiary alicyclic amines) is 1. The lowest BCUT2D eigenvalue weighted by molar-refractivity contribution is -0.531. The van der Waals surface area contributed by atoms with Crippen molar-refractivity contribution < 1.29 is 9.31 Å². The summed E-state index contributed by atoms with van der Waals surface area (Å²) in [5, 5.41) is 0. The quantitative estimate of drug-likeness (QED) is 0.786. The summed E-state index contributed by atoms with van der Waals surface area (Å²) < 4.78 is 7.79. The van der Waals surface area contributed by atoms with E-state index in [0.717, 1.165) is 5.75 Å². The van der Waals surface area contributed by atoms with Crippen LogP contribution in [0.3, 0.4) is 0 Å². The van der Waals surface area contributed by atoms with Gasteiger partial charge in [0.1, 0.15) is 18.8 Å². The van der Waals surface area contributed by atoms with Crippen LogP contribution in [0, 0.1) is 0 Å². The molecule has 0 N–H and O–H groups in total. The van der Waals surface area contributed by atoms with Crippen molar-refractivity contribution in [2.75, 3.05) is 33.3 Å².